The highest BCUT2D eigenvalue weighted by Crippen LogP contribution is 2.43. The summed E-state index contributed by atoms with van der Waals surface area (Å²) in [7, 11) is 0. The molecule has 172 valence electrons. The second-order valence-electron chi connectivity index (χ2n) is 7.62. The van der Waals surface area contributed by atoms with Crippen molar-refractivity contribution in [1.29, 1.82) is 0 Å². The van der Waals surface area contributed by atoms with E-state index in [-0.39, 0.29) is 44.7 Å². The highest BCUT2D eigenvalue weighted by atomic mass is 32.1. The van der Waals surface area contributed by atoms with Gasteiger partial charge in [-0.15, -0.1) is 0 Å². The highest BCUT2D eigenvalue weighted by Gasteiger charge is 2.45. The molecular weight excluding hydrogens is 463 g/mol. The first-order valence-electron chi connectivity index (χ1n) is 10.3. The molecule has 4 aromatic rings. The number of ether oxygens (including phenoxy) is 1. The number of halogens is 1. The zero-order valence-corrected chi connectivity index (χ0v) is 18.8. The van der Waals surface area contributed by atoms with E-state index < -0.39 is 29.2 Å². The maximum absolute atomic E-state index is 13.9. The summed E-state index contributed by atoms with van der Waals surface area (Å²) in [5.74, 6) is -1.99. The van der Waals surface area contributed by atoms with E-state index in [4.69, 9.17) is 9.15 Å². The van der Waals surface area contributed by atoms with Gasteiger partial charge in [-0.05, 0) is 49.7 Å². The first kappa shape index (κ1) is 21.8. The van der Waals surface area contributed by atoms with E-state index >= 15 is 0 Å². The fourth-order valence-electron chi connectivity index (χ4n) is 3.99. The number of benzene rings is 2. The second kappa shape index (κ2) is 8.07. The van der Waals surface area contributed by atoms with E-state index in [1.165, 1.54) is 23.1 Å². The summed E-state index contributed by atoms with van der Waals surface area (Å²) in [6, 6.07) is 8.52. The van der Waals surface area contributed by atoms with Gasteiger partial charge in [0.25, 0.3) is 5.91 Å². The molecule has 2 aromatic carbocycles. The minimum Gasteiger partial charge on any atom is -0.508 e. The lowest BCUT2D eigenvalue weighted by molar-refractivity contribution is 0.0531. The summed E-state index contributed by atoms with van der Waals surface area (Å²) in [4.78, 5) is 45.3. The third-order valence-electron chi connectivity index (χ3n) is 5.49. The molecular formula is C24H17FN2O6S. The molecule has 0 bridgehead atoms. The van der Waals surface area contributed by atoms with Gasteiger partial charge in [-0.3, -0.25) is 14.5 Å². The number of hydrogen-bond acceptors (Lipinski definition) is 8. The van der Waals surface area contributed by atoms with Crippen molar-refractivity contribution < 1.29 is 28.2 Å². The number of esters is 1. The number of phenolic OH excluding ortho intramolecular Hbond substituents is 1. The number of carbonyl (C=O) groups excluding carboxylic acids is 2. The summed E-state index contributed by atoms with van der Waals surface area (Å²) < 4.78 is 24.8. The van der Waals surface area contributed by atoms with Crippen LogP contribution in [0.4, 0.5) is 9.52 Å². The summed E-state index contributed by atoms with van der Waals surface area (Å²) in [6.45, 7) is 3.48. The SMILES string of the molecule is CCOC(=O)c1sc(N2C(=O)c3oc4ccc(F)cc4c(=O)c3[C@@H]2c2ccc(O)cc2)nc1C. The van der Waals surface area contributed by atoms with Crippen LogP contribution in [0.5, 0.6) is 5.75 Å². The Labute approximate surface area is 195 Å². The molecule has 0 unspecified atom stereocenters. The van der Waals surface area contributed by atoms with Crippen LogP contribution in [0.3, 0.4) is 0 Å². The zero-order chi connectivity index (χ0) is 24.1. The Bertz CT molecular complexity index is 1530. The summed E-state index contributed by atoms with van der Waals surface area (Å²) in [5, 5.41) is 9.91. The number of aromatic hydroxyl groups is 1. The molecule has 5 rings (SSSR count). The first-order chi connectivity index (χ1) is 16.3. The number of thiazole rings is 1. The highest BCUT2D eigenvalue weighted by molar-refractivity contribution is 7.17. The Kier molecular flexibility index (Phi) is 5.17. The van der Waals surface area contributed by atoms with Crippen molar-refractivity contribution in [1.82, 2.24) is 4.98 Å². The van der Waals surface area contributed by atoms with E-state index in [0.717, 1.165) is 23.5 Å². The molecule has 1 aliphatic rings. The number of phenols is 1. The Hall–Kier alpha value is -4.05. The molecule has 1 amide bonds. The molecule has 10 heteroatoms. The predicted molar refractivity (Wildman–Crippen MR) is 122 cm³/mol. The van der Waals surface area contributed by atoms with Gasteiger partial charge in [-0.1, -0.05) is 23.5 Å². The van der Waals surface area contributed by atoms with Gasteiger partial charge < -0.3 is 14.3 Å². The molecule has 1 N–H and O–H groups in total. The van der Waals surface area contributed by atoms with Gasteiger partial charge in [-0.2, -0.15) is 0 Å². The quantitative estimate of drug-likeness (QED) is 0.433. The van der Waals surface area contributed by atoms with Crippen LogP contribution in [-0.2, 0) is 4.74 Å². The van der Waals surface area contributed by atoms with Gasteiger partial charge in [0.2, 0.25) is 5.76 Å². The molecule has 1 atom stereocenters. The van der Waals surface area contributed by atoms with Gasteiger partial charge in [0.1, 0.15) is 22.0 Å². The van der Waals surface area contributed by atoms with E-state index in [1.54, 1.807) is 26.0 Å². The molecule has 34 heavy (non-hydrogen) atoms. The number of fused-ring (bicyclic) bond motifs is 2. The molecule has 1 aliphatic heterocycles. The number of anilines is 1. The van der Waals surface area contributed by atoms with Crippen molar-refractivity contribution in [3.63, 3.8) is 0 Å². The molecule has 0 saturated heterocycles. The lowest BCUT2D eigenvalue weighted by Crippen LogP contribution is -2.29. The van der Waals surface area contributed by atoms with Gasteiger partial charge >= 0.3 is 5.97 Å². The maximum Gasteiger partial charge on any atom is 0.350 e. The van der Waals surface area contributed by atoms with Gasteiger partial charge in [0, 0.05) is 0 Å². The van der Waals surface area contributed by atoms with Crippen molar-refractivity contribution in [2.45, 2.75) is 19.9 Å². The number of aryl methyl sites for hydroxylation is 1. The van der Waals surface area contributed by atoms with Gasteiger partial charge in [-0.25, -0.2) is 14.2 Å². The van der Waals surface area contributed by atoms with Crippen LogP contribution in [-0.4, -0.2) is 28.6 Å². The van der Waals surface area contributed by atoms with Crippen LogP contribution in [0.25, 0.3) is 11.0 Å². The fraction of sp³-hybridized carbons (Fsp3) is 0.167. The van der Waals surface area contributed by atoms with Crippen LogP contribution in [0, 0.1) is 12.7 Å². The topological polar surface area (TPSA) is 110 Å². The second-order valence-corrected chi connectivity index (χ2v) is 8.59. The Morgan fingerprint density at radius 3 is 2.68 bits per heavy atom. The van der Waals surface area contributed by atoms with Gasteiger partial charge in [0.15, 0.2) is 10.6 Å². The number of carbonyl (C=O) groups is 2. The summed E-state index contributed by atoms with van der Waals surface area (Å²) in [5.41, 5.74) is 0.423. The smallest absolute Gasteiger partial charge is 0.350 e. The largest absolute Gasteiger partial charge is 0.508 e. The summed E-state index contributed by atoms with van der Waals surface area (Å²) in [6.07, 6.45) is 0. The van der Waals surface area contributed by atoms with Crippen molar-refractivity contribution in [2.24, 2.45) is 0 Å². The zero-order valence-electron chi connectivity index (χ0n) is 18.0. The molecule has 0 spiro atoms. The van der Waals surface area contributed by atoms with Gasteiger partial charge in [0.05, 0.1) is 29.3 Å². The Morgan fingerprint density at radius 2 is 1.97 bits per heavy atom. The first-order valence-corrected chi connectivity index (χ1v) is 11.1. The van der Waals surface area contributed by atoms with Crippen LogP contribution >= 0.6 is 11.3 Å². The standard InChI is InChI=1S/C24H17FN2O6S/c1-3-32-23(31)21-11(2)26-24(34-21)27-18(12-4-7-14(28)8-5-12)17-19(29)15-10-13(25)6-9-16(15)33-20(17)22(27)30/h4-10,18,28H,3H2,1-2H3/t18-/m0/s1. The van der Waals surface area contributed by atoms with Crippen LogP contribution in [0.1, 0.15) is 50.0 Å². The lowest BCUT2D eigenvalue weighted by Gasteiger charge is -2.22. The molecule has 2 aromatic heterocycles. The number of amides is 1. The van der Waals surface area contributed by atoms with Crippen LogP contribution in [0.15, 0.2) is 51.7 Å². The van der Waals surface area contributed by atoms with Crippen molar-refractivity contribution in [3.8, 4) is 5.75 Å². The van der Waals surface area contributed by atoms with Crippen molar-refractivity contribution in [2.75, 3.05) is 11.5 Å². The third kappa shape index (κ3) is 3.34. The van der Waals surface area contributed by atoms with E-state index in [9.17, 15) is 23.9 Å². The lowest BCUT2D eigenvalue weighted by atomic mass is 9.98. The predicted octanol–water partition coefficient (Wildman–Crippen LogP) is 4.33. The van der Waals surface area contributed by atoms with Crippen molar-refractivity contribution >= 4 is 39.3 Å². The Balaban J connectivity index is 1.75. The molecule has 0 radical (unpaired) electrons. The number of nitrogens with zero attached hydrogens (tertiary/aromatic N) is 2. The average Bonchev–Trinajstić information content (AvgIpc) is 3.33. The van der Waals surface area contributed by atoms with E-state index in [0.29, 0.717) is 11.3 Å². The Morgan fingerprint density at radius 1 is 1.24 bits per heavy atom. The minimum absolute atomic E-state index is 0.000268. The maximum atomic E-state index is 13.9. The number of aromatic nitrogens is 1. The molecule has 0 aliphatic carbocycles. The third-order valence-corrected chi connectivity index (χ3v) is 6.63. The number of rotatable bonds is 4. The van der Waals surface area contributed by atoms with Crippen LogP contribution in [0.2, 0.25) is 0 Å². The normalized spacial score (nSPS) is 15.1. The molecule has 0 fully saturated rings. The van der Waals surface area contributed by atoms with E-state index in [2.05, 4.69) is 4.98 Å². The minimum atomic E-state index is -0.965. The summed E-state index contributed by atoms with van der Waals surface area (Å²) >= 11 is 0.960. The monoisotopic (exact) mass is 480 g/mol. The van der Waals surface area contributed by atoms with Crippen molar-refractivity contribution in [3.05, 3.63) is 86.0 Å². The molecule has 3 heterocycles. The molecule has 8 nitrogen and oxygen atoms in total. The van der Waals surface area contributed by atoms with Crippen LogP contribution < -0.4 is 10.3 Å². The van der Waals surface area contributed by atoms with E-state index in [1.807, 2.05) is 0 Å². The number of hydrogen-bond donors (Lipinski definition) is 1. The average molecular weight is 480 g/mol. The fourth-order valence-corrected chi connectivity index (χ4v) is 4.97. The molecule has 0 saturated carbocycles.